The van der Waals surface area contributed by atoms with Crippen LogP contribution in [0.5, 0.6) is 0 Å². The largest absolute Gasteiger partial charge is 0.323 e. The molecule has 2 aromatic rings. The summed E-state index contributed by atoms with van der Waals surface area (Å²) in [4.78, 5) is 22.2. The molecule has 2 rings (SSSR count). The second-order valence-corrected chi connectivity index (χ2v) is 3.70. The van der Waals surface area contributed by atoms with Crippen molar-refractivity contribution in [2.45, 2.75) is 13.0 Å². The van der Waals surface area contributed by atoms with Crippen molar-refractivity contribution in [3.05, 3.63) is 33.3 Å². The first kappa shape index (κ1) is 10.1. The average molecular weight is 225 g/mol. The van der Waals surface area contributed by atoms with E-state index in [9.17, 15) is 4.79 Å². The number of aromatic amines is 1. The van der Waals surface area contributed by atoms with Crippen LogP contribution in [0.1, 0.15) is 18.7 Å². The number of H-pyrrole nitrogens is 1. The van der Waals surface area contributed by atoms with E-state index in [0.29, 0.717) is 16.2 Å². The lowest BCUT2D eigenvalue weighted by atomic mass is 10.2. The molecule has 3 N–H and O–H groups in total. The van der Waals surface area contributed by atoms with Gasteiger partial charge in [-0.25, -0.2) is 9.97 Å². The fraction of sp³-hybridized carbons (Fsp3) is 0.222. The molecule has 2 aromatic heterocycles. The summed E-state index contributed by atoms with van der Waals surface area (Å²) >= 11 is 5.76. The number of hydrogen-bond donors (Lipinski definition) is 2. The third-order valence-corrected chi connectivity index (χ3v) is 2.18. The van der Waals surface area contributed by atoms with Crippen LogP contribution < -0.4 is 11.3 Å². The van der Waals surface area contributed by atoms with Crippen LogP contribution in [0.2, 0.25) is 5.02 Å². The Kier molecular flexibility index (Phi) is 2.42. The van der Waals surface area contributed by atoms with Crippen LogP contribution >= 0.6 is 11.6 Å². The summed E-state index contributed by atoms with van der Waals surface area (Å²) in [6.45, 7) is 1.70. The van der Waals surface area contributed by atoms with E-state index in [2.05, 4.69) is 15.0 Å². The molecule has 0 saturated carbocycles. The van der Waals surface area contributed by atoms with Gasteiger partial charge < -0.3 is 10.7 Å². The van der Waals surface area contributed by atoms with Gasteiger partial charge in [-0.3, -0.25) is 4.79 Å². The Hall–Kier alpha value is -1.46. The number of fused-ring (bicyclic) bond motifs is 1. The highest BCUT2D eigenvalue weighted by atomic mass is 35.5. The Morgan fingerprint density at radius 1 is 1.60 bits per heavy atom. The summed E-state index contributed by atoms with van der Waals surface area (Å²) in [6.07, 6.45) is 1.45. The van der Waals surface area contributed by atoms with Crippen molar-refractivity contribution in [3.63, 3.8) is 0 Å². The fourth-order valence-electron chi connectivity index (χ4n) is 1.27. The van der Waals surface area contributed by atoms with E-state index in [4.69, 9.17) is 17.3 Å². The van der Waals surface area contributed by atoms with Crippen molar-refractivity contribution in [2.24, 2.45) is 5.73 Å². The highest BCUT2D eigenvalue weighted by Gasteiger charge is 2.09. The minimum absolute atomic E-state index is 0.284. The first-order chi connectivity index (χ1) is 7.08. The summed E-state index contributed by atoms with van der Waals surface area (Å²) in [5.74, 6) is 0. The van der Waals surface area contributed by atoms with Crippen LogP contribution in [-0.4, -0.2) is 15.0 Å². The number of halogens is 1. The average Bonchev–Trinajstić information content (AvgIpc) is 2.17. The molecule has 0 radical (unpaired) electrons. The molecule has 0 aliphatic rings. The summed E-state index contributed by atoms with van der Waals surface area (Å²) in [6, 6.07) is 1.21. The molecule has 6 heteroatoms. The smallest absolute Gasteiger partial charge is 0.272 e. The molecular weight excluding hydrogens is 216 g/mol. The molecule has 15 heavy (non-hydrogen) atoms. The van der Waals surface area contributed by atoms with Gasteiger partial charge >= 0.3 is 0 Å². The predicted octanol–water partition coefficient (Wildman–Crippen LogP) is 0.991. The zero-order chi connectivity index (χ0) is 11.0. The number of nitrogens with one attached hydrogen (secondary N) is 1. The van der Waals surface area contributed by atoms with Gasteiger partial charge in [0.05, 0.1) is 5.02 Å². The zero-order valence-electron chi connectivity index (χ0n) is 7.99. The van der Waals surface area contributed by atoms with Crippen molar-refractivity contribution >= 4 is 22.8 Å². The SMILES string of the molecule is C[C@H](N)c1nc2cc(Cl)cnc2[nH]c1=O. The quantitative estimate of drug-likeness (QED) is 0.757. The Morgan fingerprint density at radius 2 is 2.33 bits per heavy atom. The molecule has 5 nitrogen and oxygen atoms in total. The molecule has 0 saturated heterocycles. The second kappa shape index (κ2) is 3.60. The lowest BCUT2D eigenvalue weighted by Crippen LogP contribution is -2.22. The maximum atomic E-state index is 11.5. The molecule has 0 bridgehead atoms. The van der Waals surface area contributed by atoms with E-state index in [1.54, 1.807) is 13.0 Å². The minimum atomic E-state index is -0.419. The van der Waals surface area contributed by atoms with Gasteiger partial charge in [-0.15, -0.1) is 0 Å². The number of hydrogen-bond acceptors (Lipinski definition) is 4. The molecule has 0 amide bonds. The summed E-state index contributed by atoms with van der Waals surface area (Å²) in [7, 11) is 0. The van der Waals surface area contributed by atoms with Gasteiger partial charge in [0.25, 0.3) is 5.56 Å². The highest BCUT2D eigenvalue weighted by Crippen LogP contribution is 2.13. The maximum absolute atomic E-state index is 11.5. The molecule has 0 aliphatic carbocycles. The van der Waals surface area contributed by atoms with Crippen LogP contribution in [0.15, 0.2) is 17.1 Å². The van der Waals surface area contributed by atoms with Gasteiger partial charge in [-0.2, -0.15) is 0 Å². The Labute approximate surface area is 90.3 Å². The van der Waals surface area contributed by atoms with Crippen molar-refractivity contribution in [2.75, 3.05) is 0 Å². The normalized spacial score (nSPS) is 13.0. The van der Waals surface area contributed by atoms with E-state index in [0.717, 1.165) is 0 Å². The molecule has 2 heterocycles. The van der Waals surface area contributed by atoms with Crippen LogP contribution in [0, 0.1) is 0 Å². The van der Waals surface area contributed by atoms with Crippen LogP contribution in [0.3, 0.4) is 0 Å². The van der Waals surface area contributed by atoms with Crippen molar-refractivity contribution in [1.82, 2.24) is 15.0 Å². The molecule has 1 atom stereocenters. The Balaban J connectivity index is 2.77. The van der Waals surface area contributed by atoms with Gasteiger partial charge in [0.1, 0.15) is 11.2 Å². The third kappa shape index (κ3) is 1.84. The van der Waals surface area contributed by atoms with Crippen molar-refractivity contribution < 1.29 is 0 Å². The lowest BCUT2D eigenvalue weighted by molar-refractivity contribution is 0.767. The third-order valence-electron chi connectivity index (χ3n) is 1.97. The van der Waals surface area contributed by atoms with Gasteiger partial charge in [0, 0.05) is 12.2 Å². The van der Waals surface area contributed by atoms with Gasteiger partial charge in [-0.1, -0.05) is 11.6 Å². The molecule has 78 valence electrons. The first-order valence-electron chi connectivity index (χ1n) is 4.39. The topological polar surface area (TPSA) is 84.7 Å². The van der Waals surface area contributed by atoms with Gasteiger partial charge in [-0.05, 0) is 13.0 Å². The van der Waals surface area contributed by atoms with Gasteiger partial charge in [0.2, 0.25) is 0 Å². The molecule has 0 aromatic carbocycles. The fourth-order valence-corrected chi connectivity index (χ4v) is 1.42. The minimum Gasteiger partial charge on any atom is -0.323 e. The molecule has 0 fully saturated rings. The molecule has 0 unspecified atom stereocenters. The van der Waals surface area contributed by atoms with E-state index in [1.807, 2.05) is 0 Å². The number of pyridine rings is 1. The van der Waals surface area contributed by atoms with Crippen LogP contribution in [-0.2, 0) is 0 Å². The van der Waals surface area contributed by atoms with Gasteiger partial charge in [0.15, 0.2) is 5.65 Å². The van der Waals surface area contributed by atoms with E-state index in [1.165, 1.54) is 6.20 Å². The number of aromatic nitrogens is 3. The maximum Gasteiger partial charge on any atom is 0.272 e. The predicted molar refractivity (Wildman–Crippen MR) is 57.8 cm³/mol. The number of rotatable bonds is 1. The zero-order valence-corrected chi connectivity index (χ0v) is 8.75. The van der Waals surface area contributed by atoms with Crippen LogP contribution in [0.4, 0.5) is 0 Å². The van der Waals surface area contributed by atoms with Crippen molar-refractivity contribution in [3.8, 4) is 0 Å². The molecule has 0 aliphatic heterocycles. The van der Waals surface area contributed by atoms with E-state index >= 15 is 0 Å². The van der Waals surface area contributed by atoms with Crippen LogP contribution in [0.25, 0.3) is 11.2 Å². The van der Waals surface area contributed by atoms with E-state index < -0.39 is 6.04 Å². The standard InChI is InChI=1S/C9H9ClN4O/c1-4(11)7-9(15)14-8-6(13-7)2-5(10)3-12-8/h2-4H,11H2,1H3,(H,12,14,15)/t4-/m0/s1. The first-order valence-corrected chi connectivity index (χ1v) is 4.77. The lowest BCUT2D eigenvalue weighted by Gasteiger charge is -2.04. The second-order valence-electron chi connectivity index (χ2n) is 3.26. The summed E-state index contributed by atoms with van der Waals surface area (Å²) < 4.78 is 0. The molecular formula is C9H9ClN4O. The van der Waals surface area contributed by atoms with E-state index in [-0.39, 0.29) is 11.3 Å². The molecule has 0 spiro atoms. The Bertz CT molecular complexity index is 564. The summed E-state index contributed by atoms with van der Waals surface area (Å²) in [5.41, 5.74) is 6.53. The highest BCUT2D eigenvalue weighted by molar-refractivity contribution is 6.30. The summed E-state index contributed by atoms with van der Waals surface area (Å²) in [5, 5.41) is 0.470. The van der Waals surface area contributed by atoms with Crippen molar-refractivity contribution in [1.29, 1.82) is 0 Å². The monoisotopic (exact) mass is 224 g/mol. The number of nitrogens with zero attached hydrogens (tertiary/aromatic N) is 2. The Morgan fingerprint density at radius 3 is 3.00 bits per heavy atom. The number of nitrogens with two attached hydrogens (primary N) is 1.